The number of benzene rings is 1. The molecule has 0 heterocycles. The molecule has 1 N–H and O–H groups in total. The lowest BCUT2D eigenvalue weighted by atomic mass is 9.86. The van der Waals surface area contributed by atoms with Crippen molar-refractivity contribution < 1.29 is 19.4 Å². The van der Waals surface area contributed by atoms with E-state index in [1.807, 2.05) is 20.8 Å². The molecule has 0 radical (unpaired) electrons. The third-order valence-electron chi connectivity index (χ3n) is 3.81. The van der Waals surface area contributed by atoms with Crippen LogP contribution >= 0.6 is 0 Å². The van der Waals surface area contributed by atoms with E-state index in [0.29, 0.717) is 24.2 Å². The van der Waals surface area contributed by atoms with Gasteiger partial charge in [-0.1, -0.05) is 65.8 Å². The van der Waals surface area contributed by atoms with Crippen LogP contribution in [-0.4, -0.2) is 34.5 Å². The summed E-state index contributed by atoms with van der Waals surface area (Å²) in [6.07, 6.45) is 0.447. The number of ether oxygens (including phenoxy) is 1. The van der Waals surface area contributed by atoms with E-state index in [4.69, 9.17) is 4.74 Å². The minimum absolute atomic E-state index is 0.0437. The van der Waals surface area contributed by atoms with Gasteiger partial charge in [0.15, 0.2) is 11.6 Å². The summed E-state index contributed by atoms with van der Waals surface area (Å²) in [7, 11) is 0. The average Bonchev–Trinajstić information content (AvgIpc) is 2.50. The predicted octanol–water partition coefficient (Wildman–Crippen LogP) is 5.72. The van der Waals surface area contributed by atoms with E-state index in [2.05, 4.69) is 20.8 Å². The van der Waals surface area contributed by atoms with E-state index in [-0.39, 0.29) is 11.6 Å². The van der Waals surface area contributed by atoms with Gasteiger partial charge in [0.05, 0.1) is 12.2 Å². The van der Waals surface area contributed by atoms with Crippen molar-refractivity contribution in [1.29, 1.82) is 0 Å². The highest BCUT2D eigenvalue weighted by Gasteiger charge is 2.30. The van der Waals surface area contributed by atoms with Crippen molar-refractivity contribution in [3.05, 3.63) is 35.4 Å². The monoisotopic (exact) mass is 392 g/mol. The number of hydrogen-bond donors (Lipinski definition) is 1. The fraction of sp³-hybridized carbons (Fsp3) is 0.667. The number of aliphatic hydroxyl groups is 1. The zero-order chi connectivity index (χ0) is 22.3. The molecule has 0 aliphatic rings. The number of carbonyl (C=O) groups excluding carboxylic acids is 2. The molecular weight excluding hydrogens is 352 g/mol. The zero-order valence-corrected chi connectivity index (χ0v) is 19.5. The van der Waals surface area contributed by atoms with E-state index in [1.165, 1.54) is 0 Å². The Bertz CT molecular complexity index is 623. The molecule has 4 nitrogen and oxygen atoms in total. The van der Waals surface area contributed by atoms with Crippen LogP contribution in [0.15, 0.2) is 24.3 Å². The molecule has 0 aliphatic heterocycles. The van der Waals surface area contributed by atoms with Crippen LogP contribution in [0.4, 0.5) is 0 Å². The lowest BCUT2D eigenvalue weighted by Gasteiger charge is -2.26. The molecule has 0 unspecified atom stereocenters. The molecule has 0 bridgehead atoms. The standard InChI is InChI=1S/C20H30O4.C4H10/c1-18(2,3)16(21)14-8-10-15(11-9-14)17(22)20(6,7)24-13-12-19(4,5)23;1-4(2)3/h8-11,23H,12-13H2,1-7H3;4H,1-3H3. The van der Waals surface area contributed by atoms with Crippen LogP contribution in [0.25, 0.3) is 0 Å². The highest BCUT2D eigenvalue weighted by Crippen LogP contribution is 2.23. The van der Waals surface area contributed by atoms with Gasteiger partial charge in [-0.3, -0.25) is 9.59 Å². The van der Waals surface area contributed by atoms with Gasteiger partial charge < -0.3 is 9.84 Å². The van der Waals surface area contributed by atoms with Crippen molar-refractivity contribution in [3.8, 4) is 0 Å². The highest BCUT2D eigenvalue weighted by atomic mass is 16.5. The molecule has 0 spiro atoms. The molecule has 1 aromatic carbocycles. The first-order valence-corrected chi connectivity index (χ1v) is 10.0. The smallest absolute Gasteiger partial charge is 0.194 e. The van der Waals surface area contributed by atoms with E-state index in [0.717, 1.165) is 5.92 Å². The summed E-state index contributed by atoms with van der Waals surface area (Å²) < 4.78 is 5.68. The van der Waals surface area contributed by atoms with Gasteiger partial charge in [-0.05, 0) is 40.0 Å². The van der Waals surface area contributed by atoms with Crippen molar-refractivity contribution in [1.82, 2.24) is 0 Å². The van der Waals surface area contributed by atoms with Crippen LogP contribution in [0.5, 0.6) is 0 Å². The minimum atomic E-state index is -0.985. The molecule has 0 atom stereocenters. The summed E-state index contributed by atoms with van der Waals surface area (Å²) in [5.74, 6) is 0.732. The quantitative estimate of drug-likeness (QED) is 0.603. The van der Waals surface area contributed by atoms with Crippen molar-refractivity contribution in [2.75, 3.05) is 6.61 Å². The second kappa shape index (κ2) is 10.3. The molecule has 1 aromatic rings. The van der Waals surface area contributed by atoms with E-state index in [1.54, 1.807) is 52.0 Å². The van der Waals surface area contributed by atoms with Crippen molar-refractivity contribution >= 4 is 11.6 Å². The van der Waals surface area contributed by atoms with E-state index in [9.17, 15) is 14.7 Å². The van der Waals surface area contributed by atoms with E-state index >= 15 is 0 Å². The molecule has 0 amide bonds. The lowest BCUT2D eigenvalue weighted by molar-refractivity contribution is -0.0315. The van der Waals surface area contributed by atoms with Gasteiger partial charge in [-0.15, -0.1) is 0 Å². The maximum Gasteiger partial charge on any atom is 0.194 e. The number of Topliss-reactive ketones (excluding diaryl/α,β-unsaturated/α-hetero) is 2. The summed E-state index contributed by atoms with van der Waals surface area (Å²) in [6, 6.07) is 6.71. The summed E-state index contributed by atoms with van der Waals surface area (Å²) in [6.45, 7) is 19.2. The first kappa shape index (κ1) is 26.5. The van der Waals surface area contributed by atoms with Gasteiger partial charge in [-0.25, -0.2) is 0 Å². The second-order valence-corrected chi connectivity index (χ2v) is 10.1. The summed E-state index contributed by atoms with van der Waals surface area (Å²) in [5, 5.41) is 9.72. The molecule has 1 rings (SSSR count). The Morgan fingerprint density at radius 1 is 0.857 bits per heavy atom. The molecule has 160 valence electrons. The largest absolute Gasteiger partial charge is 0.390 e. The molecule has 4 heteroatoms. The number of carbonyl (C=O) groups is 2. The molecule has 0 aliphatic carbocycles. The van der Waals surface area contributed by atoms with Gasteiger partial charge in [0.1, 0.15) is 5.60 Å². The molecule has 0 fully saturated rings. The molecular formula is C24H40O4. The average molecular weight is 393 g/mol. The third kappa shape index (κ3) is 10.1. The van der Waals surface area contributed by atoms with Gasteiger partial charge in [-0.2, -0.15) is 0 Å². The Labute approximate surface area is 171 Å². The predicted molar refractivity (Wildman–Crippen MR) is 116 cm³/mol. The second-order valence-electron chi connectivity index (χ2n) is 10.1. The van der Waals surface area contributed by atoms with Crippen molar-refractivity contribution in [3.63, 3.8) is 0 Å². The Hall–Kier alpha value is -1.52. The first-order valence-electron chi connectivity index (χ1n) is 10.0. The molecule has 28 heavy (non-hydrogen) atoms. The van der Waals surface area contributed by atoms with Crippen molar-refractivity contribution in [2.45, 2.75) is 86.9 Å². The SMILES string of the molecule is CC(C)(O)CCOC(C)(C)C(=O)c1ccc(C(=O)C(C)(C)C)cc1.CC(C)C. The van der Waals surface area contributed by atoms with Gasteiger partial charge in [0, 0.05) is 16.5 Å². The lowest BCUT2D eigenvalue weighted by Crippen LogP contribution is -2.36. The third-order valence-corrected chi connectivity index (χ3v) is 3.81. The van der Waals surface area contributed by atoms with Crippen LogP contribution in [0, 0.1) is 11.3 Å². The Balaban J connectivity index is 0.00000165. The van der Waals surface area contributed by atoms with Crippen LogP contribution in [0.2, 0.25) is 0 Å². The van der Waals surface area contributed by atoms with Crippen LogP contribution in [-0.2, 0) is 4.74 Å². The minimum Gasteiger partial charge on any atom is -0.390 e. The summed E-state index contributed by atoms with van der Waals surface area (Å²) >= 11 is 0. The molecule has 0 aromatic heterocycles. The maximum absolute atomic E-state index is 12.6. The molecule has 0 saturated carbocycles. The van der Waals surface area contributed by atoms with Crippen LogP contribution in [0.1, 0.15) is 96.4 Å². The molecule has 0 saturated heterocycles. The number of ketones is 2. The Morgan fingerprint density at radius 3 is 1.54 bits per heavy atom. The number of rotatable bonds is 7. The van der Waals surface area contributed by atoms with Crippen molar-refractivity contribution in [2.24, 2.45) is 11.3 Å². The van der Waals surface area contributed by atoms with Crippen LogP contribution in [0.3, 0.4) is 0 Å². The maximum atomic E-state index is 12.6. The summed E-state index contributed by atoms with van der Waals surface area (Å²) in [5.41, 5.74) is -1.16. The fourth-order valence-corrected chi connectivity index (χ4v) is 2.18. The number of hydrogen-bond acceptors (Lipinski definition) is 4. The van der Waals surface area contributed by atoms with Gasteiger partial charge in [0.2, 0.25) is 0 Å². The topological polar surface area (TPSA) is 63.6 Å². The van der Waals surface area contributed by atoms with E-state index < -0.39 is 16.6 Å². The Kier molecular flexibility index (Phi) is 9.75. The van der Waals surface area contributed by atoms with Crippen LogP contribution < -0.4 is 0 Å². The highest BCUT2D eigenvalue weighted by molar-refractivity contribution is 6.04. The summed E-state index contributed by atoms with van der Waals surface area (Å²) in [4.78, 5) is 24.9. The normalized spacial score (nSPS) is 12.4. The first-order chi connectivity index (χ1) is 12.5. The van der Waals surface area contributed by atoms with Gasteiger partial charge in [0.25, 0.3) is 0 Å². The Morgan fingerprint density at radius 2 is 1.21 bits per heavy atom. The zero-order valence-electron chi connectivity index (χ0n) is 19.5. The van der Waals surface area contributed by atoms with Gasteiger partial charge >= 0.3 is 0 Å². The fourth-order valence-electron chi connectivity index (χ4n) is 2.18.